The smallest absolute Gasteiger partial charge is 0.257 e. The first-order chi connectivity index (χ1) is 13.7. The molecule has 0 fully saturated rings. The highest BCUT2D eigenvalue weighted by Crippen LogP contribution is 2.22. The molecule has 5 heteroatoms. The first-order valence-electron chi connectivity index (χ1n) is 9.38. The minimum atomic E-state index is -0.213. The van der Waals surface area contributed by atoms with E-state index in [1.165, 1.54) is 5.56 Å². The molecular formula is C23H25N3O2. The van der Waals surface area contributed by atoms with Crippen LogP contribution in [0.2, 0.25) is 0 Å². The van der Waals surface area contributed by atoms with Gasteiger partial charge in [-0.3, -0.25) is 4.79 Å². The normalized spacial score (nSPS) is 10.7. The maximum atomic E-state index is 12.7. The Morgan fingerprint density at radius 3 is 2.61 bits per heavy atom. The van der Waals surface area contributed by atoms with E-state index in [0.717, 1.165) is 18.7 Å². The fourth-order valence-corrected chi connectivity index (χ4v) is 2.78. The summed E-state index contributed by atoms with van der Waals surface area (Å²) in [5.74, 6) is 0.725. The molecule has 0 unspecified atom stereocenters. The minimum Gasteiger partial charge on any atom is -0.438 e. The molecule has 5 nitrogen and oxygen atoms in total. The number of hydrogen-bond donors (Lipinski definition) is 1. The molecule has 0 aliphatic rings. The van der Waals surface area contributed by atoms with E-state index < -0.39 is 0 Å². The van der Waals surface area contributed by atoms with E-state index in [9.17, 15) is 4.79 Å². The van der Waals surface area contributed by atoms with Gasteiger partial charge in [-0.25, -0.2) is 4.98 Å². The molecule has 1 heterocycles. The number of rotatable bonds is 8. The van der Waals surface area contributed by atoms with Gasteiger partial charge in [0.15, 0.2) is 0 Å². The number of carbonyl (C=O) groups excluding carboxylic acids is 1. The number of nitrogens with one attached hydrogen (secondary N) is 1. The Labute approximate surface area is 166 Å². The van der Waals surface area contributed by atoms with Gasteiger partial charge in [-0.2, -0.15) is 0 Å². The monoisotopic (exact) mass is 375 g/mol. The Morgan fingerprint density at radius 1 is 1.04 bits per heavy atom. The van der Waals surface area contributed by atoms with Crippen molar-refractivity contribution in [3.63, 3.8) is 0 Å². The van der Waals surface area contributed by atoms with E-state index in [0.29, 0.717) is 23.7 Å². The van der Waals surface area contributed by atoms with Crippen LogP contribution in [0.3, 0.4) is 0 Å². The number of nitrogens with zero attached hydrogens (tertiary/aromatic N) is 2. The third-order valence-electron chi connectivity index (χ3n) is 4.41. The van der Waals surface area contributed by atoms with Crippen molar-refractivity contribution in [3.8, 4) is 11.6 Å². The number of benzene rings is 2. The molecule has 0 aliphatic carbocycles. The lowest BCUT2D eigenvalue weighted by atomic mass is 10.1. The first kappa shape index (κ1) is 19.6. The number of para-hydroxylation sites is 1. The summed E-state index contributed by atoms with van der Waals surface area (Å²) < 4.78 is 5.78. The van der Waals surface area contributed by atoms with E-state index in [2.05, 4.69) is 41.3 Å². The maximum Gasteiger partial charge on any atom is 0.257 e. The quantitative estimate of drug-likeness (QED) is 0.639. The molecule has 1 aromatic heterocycles. The number of ether oxygens (including phenoxy) is 1. The Morgan fingerprint density at radius 2 is 1.82 bits per heavy atom. The SMILES string of the molecule is CCN(C)Cc1cccc(CNC(=O)c2cccnc2Oc2ccccc2)c1. The second-order valence-electron chi connectivity index (χ2n) is 6.60. The van der Waals surface area contributed by atoms with E-state index in [-0.39, 0.29) is 5.91 Å². The molecule has 3 aromatic rings. The second kappa shape index (κ2) is 9.67. The summed E-state index contributed by atoms with van der Waals surface area (Å²) in [6.07, 6.45) is 1.61. The number of pyridine rings is 1. The lowest BCUT2D eigenvalue weighted by Gasteiger charge is -2.15. The van der Waals surface area contributed by atoms with Crippen molar-refractivity contribution < 1.29 is 9.53 Å². The van der Waals surface area contributed by atoms with Crippen LogP contribution in [0.5, 0.6) is 11.6 Å². The highest BCUT2D eigenvalue weighted by atomic mass is 16.5. The molecule has 28 heavy (non-hydrogen) atoms. The average Bonchev–Trinajstić information content (AvgIpc) is 2.73. The van der Waals surface area contributed by atoms with Crippen molar-refractivity contribution >= 4 is 5.91 Å². The standard InChI is InChI=1S/C23H25N3O2/c1-3-26(2)17-19-10-7-9-18(15-19)16-25-22(27)21-13-8-14-24-23(21)28-20-11-5-4-6-12-20/h4-15H,3,16-17H2,1-2H3,(H,25,27). The van der Waals surface area contributed by atoms with Gasteiger partial charge in [0.25, 0.3) is 5.91 Å². The lowest BCUT2D eigenvalue weighted by Crippen LogP contribution is -2.23. The van der Waals surface area contributed by atoms with Crippen LogP contribution < -0.4 is 10.1 Å². The predicted molar refractivity (Wildman–Crippen MR) is 110 cm³/mol. The average molecular weight is 375 g/mol. The van der Waals surface area contributed by atoms with Crippen LogP contribution in [0.1, 0.15) is 28.4 Å². The fourth-order valence-electron chi connectivity index (χ4n) is 2.78. The van der Waals surface area contributed by atoms with Gasteiger partial charge in [-0.1, -0.05) is 49.4 Å². The Bertz CT molecular complexity index is 912. The van der Waals surface area contributed by atoms with Crippen molar-refractivity contribution in [1.29, 1.82) is 0 Å². The molecule has 144 valence electrons. The molecule has 1 amide bonds. The summed E-state index contributed by atoms with van der Waals surface area (Å²) in [6.45, 7) is 4.46. The summed E-state index contributed by atoms with van der Waals surface area (Å²) in [5.41, 5.74) is 2.70. The molecule has 0 atom stereocenters. The zero-order valence-corrected chi connectivity index (χ0v) is 16.3. The van der Waals surface area contributed by atoms with Crippen molar-refractivity contribution in [2.24, 2.45) is 0 Å². The van der Waals surface area contributed by atoms with Crippen molar-refractivity contribution in [1.82, 2.24) is 15.2 Å². The van der Waals surface area contributed by atoms with Crippen LogP contribution in [0, 0.1) is 0 Å². The number of amides is 1. The molecule has 3 rings (SSSR count). The Kier molecular flexibility index (Phi) is 6.76. The largest absolute Gasteiger partial charge is 0.438 e. The van der Waals surface area contributed by atoms with Gasteiger partial charge in [0.1, 0.15) is 11.3 Å². The molecule has 2 aromatic carbocycles. The molecule has 0 saturated heterocycles. The topological polar surface area (TPSA) is 54.5 Å². The van der Waals surface area contributed by atoms with Gasteiger partial charge in [0.2, 0.25) is 5.88 Å². The number of aromatic nitrogens is 1. The Hall–Kier alpha value is -3.18. The summed E-state index contributed by atoms with van der Waals surface area (Å²) in [4.78, 5) is 19.2. The van der Waals surface area contributed by atoms with E-state index in [4.69, 9.17) is 4.74 Å². The van der Waals surface area contributed by atoms with Crippen molar-refractivity contribution in [2.45, 2.75) is 20.0 Å². The van der Waals surface area contributed by atoms with Crippen LogP contribution in [-0.2, 0) is 13.1 Å². The fraction of sp³-hybridized carbons (Fsp3) is 0.217. The first-order valence-corrected chi connectivity index (χ1v) is 9.38. The number of carbonyl (C=O) groups is 1. The molecule has 0 bridgehead atoms. The highest BCUT2D eigenvalue weighted by Gasteiger charge is 2.14. The molecule has 0 aliphatic heterocycles. The summed E-state index contributed by atoms with van der Waals surface area (Å²) in [5, 5.41) is 2.96. The van der Waals surface area contributed by atoms with Gasteiger partial charge >= 0.3 is 0 Å². The van der Waals surface area contributed by atoms with Gasteiger partial charge in [0.05, 0.1) is 0 Å². The zero-order valence-electron chi connectivity index (χ0n) is 16.3. The Balaban J connectivity index is 1.66. The third-order valence-corrected chi connectivity index (χ3v) is 4.41. The van der Waals surface area contributed by atoms with Gasteiger partial charge < -0.3 is 15.0 Å². The van der Waals surface area contributed by atoms with Crippen molar-refractivity contribution in [2.75, 3.05) is 13.6 Å². The summed E-state index contributed by atoms with van der Waals surface area (Å²) >= 11 is 0. The maximum absolute atomic E-state index is 12.7. The molecule has 0 spiro atoms. The molecule has 0 radical (unpaired) electrons. The third kappa shape index (κ3) is 5.41. The van der Waals surface area contributed by atoms with Gasteiger partial charge in [-0.15, -0.1) is 0 Å². The van der Waals surface area contributed by atoms with Gasteiger partial charge in [-0.05, 0) is 49.0 Å². The molecule has 0 saturated carbocycles. The minimum absolute atomic E-state index is 0.213. The number of hydrogen-bond acceptors (Lipinski definition) is 4. The van der Waals surface area contributed by atoms with Crippen molar-refractivity contribution in [3.05, 3.63) is 89.6 Å². The second-order valence-corrected chi connectivity index (χ2v) is 6.60. The summed E-state index contributed by atoms with van der Waals surface area (Å²) in [6, 6.07) is 21.0. The molecule has 1 N–H and O–H groups in total. The molecular weight excluding hydrogens is 350 g/mol. The zero-order chi connectivity index (χ0) is 19.8. The van der Waals surface area contributed by atoms with Crippen LogP contribution in [-0.4, -0.2) is 29.4 Å². The lowest BCUT2D eigenvalue weighted by molar-refractivity contribution is 0.0948. The van der Waals surface area contributed by atoms with Crippen LogP contribution in [0.15, 0.2) is 72.9 Å². The van der Waals surface area contributed by atoms with E-state index in [1.54, 1.807) is 18.3 Å². The van der Waals surface area contributed by atoms with Crippen LogP contribution in [0.25, 0.3) is 0 Å². The van der Waals surface area contributed by atoms with Crippen LogP contribution in [0.4, 0.5) is 0 Å². The highest BCUT2D eigenvalue weighted by molar-refractivity contribution is 5.96. The van der Waals surface area contributed by atoms with E-state index >= 15 is 0 Å². The predicted octanol–water partition coefficient (Wildman–Crippen LogP) is 4.26. The van der Waals surface area contributed by atoms with Gasteiger partial charge in [0, 0.05) is 19.3 Å². The van der Waals surface area contributed by atoms with E-state index in [1.807, 2.05) is 42.5 Å². The van der Waals surface area contributed by atoms with Crippen LogP contribution >= 0.6 is 0 Å². The summed E-state index contributed by atoms with van der Waals surface area (Å²) in [7, 11) is 2.09.